The van der Waals surface area contributed by atoms with Gasteiger partial charge in [-0.2, -0.15) is 0 Å². The van der Waals surface area contributed by atoms with Crippen molar-refractivity contribution in [3.05, 3.63) is 53.5 Å². The first-order chi connectivity index (χ1) is 13.5. The van der Waals surface area contributed by atoms with Gasteiger partial charge in [-0.25, -0.2) is 0 Å². The lowest BCUT2D eigenvalue weighted by Crippen LogP contribution is -2.41. The summed E-state index contributed by atoms with van der Waals surface area (Å²) >= 11 is 0. The van der Waals surface area contributed by atoms with E-state index in [1.54, 1.807) is 19.2 Å². The molecule has 0 saturated carbocycles. The van der Waals surface area contributed by atoms with Gasteiger partial charge in [0, 0.05) is 32.2 Å². The first kappa shape index (κ1) is 21.3. The fourth-order valence-electron chi connectivity index (χ4n) is 2.47. The van der Waals surface area contributed by atoms with Crippen molar-refractivity contribution < 1.29 is 13.9 Å². The molecule has 1 amide bonds. The average molecular weight is 386 g/mol. The molecule has 2 aromatic rings. The topological polar surface area (TPSA) is 87.9 Å². The van der Waals surface area contributed by atoms with E-state index in [0.29, 0.717) is 31.4 Å². The van der Waals surface area contributed by atoms with Crippen LogP contribution in [0.3, 0.4) is 0 Å². The van der Waals surface area contributed by atoms with Gasteiger partial charge in [-0.05, 0) is 44.0 Å². The molecule has 1 atom stereocenters. The van der Waals surface area contributed by atoms with Crippen molar-refractivity contribution in [2.45, 2.75) is 39.8 Å². The Kier molecular flexibility index (Phi) is 8.39. The molecule has 0 aliphatic rings. The molecule has 0 saturated heterocycles. The van der Waals surface area contributed by atoms with Crippen molar-refractivity contribution in [1.29, 1.82) is 0 Å². The molecule has 1 aromatic carbocycles. The molecule has 7 heteroatoms. The predicted octanol–water partition coefficient (Wildman–Crippen LogP) is 2.86. The molecule has 1 unspecified atom stereocenters. The SMILES string of the molecule is CCC(C)Oc1cc(C)ccc1CNC(=NC)NCCNC(=O)c1ccco1. The first-order valence-electron chi connectivity index (χ1n) is 9.55. The number of benzene rings is 1. The molecule has 1 heterocycles. The summed E-state index contributed by atoms with van der Waals surface area (Å²) in [5, 5.41) is 9.24. The molecule has 3 N–H and O–H groups in total. The standard InChI is InChI=1S/C21H30N4O3/c1-5-16(3)28-19-13-15(2)8-9-17(19)14-25-21(22-4)24-11-10-23-20(26)18-7-6-12-27-18/h6-9,12-13,16H,5,10-11,14H2,1-4H3,(H,23,26)(H2,22,24,25). The quantitative estimate of drug-likeness (QED) is 0.350. The van der Waals surface area contributed by atoms with Crippen LogP contribution in [0.5, 0.6) is 5.75 Å². The Hall–Kier alpha value is -2.96. The van der Waals surface area contributed by atoms with Crippen LogP contribution >= 0.6 is 0 Å². The third-order valence-corrected chi connectivity index (χ3v) is 4.24. The molecule has 1 aromatic heterocycles. The van der Waals surface area contributed by atoms with Crippen molar-refractivity contribution in [1.82, 2.24) is 16.0 Å². The molecule has 0 fully saturated rings. The molecular weight excluding hydrogens is 356 g/mol. The van der Waals surface area contributed by atoms with Crippen LogP contribution in [0.1, 0.15) is 41.9 Å². The van der Waals surface area contributed by atoms with Crippen LogP contribution in [0, 0.1) is 6.92 Å². The Morgan fingerprint density at radius 1 is 1.21 bits per heavy atom. The van der Waals surface area contributed by atoms with Gasteiger partial charge in [-0.3, -0.25) is 9.79 Å². The van der Waals surface area contributed by atoms with Crippen LogP contribution in [0.4, 0.5) is 0 Å². The van der Waals surface area contributed by atoms with E-state index in [9.17, 15) is 4.79 Å². The fraction of sp³-hybridized carbons (Fsp3) is 0.429. The number of hydrogen-bond donors (Lipinski definition) is 3. The molecule has 0 aliphatic carbocycles. The number of carbonyl (C=O) groups excluding carboxylic acids is 1. The largest absolute Gasteiger partial charge is 0.490 e. The van der Waals surface area contributed by atoms with E-state index in [1.165, 1.54) is 6.26 Å². The van der Waals surface area contributed by atoms with E-state index >= 15 is 0 Å². The number of aryl methyl sites for hydroxylation is 1. The van der Waals surface area contributed by atoms with E-state index < -0.39 is 0 Å². The van der Waals surface area contributed by atoms with Gasteiger partial charge < -0.3 is 25.1 Å². The smallest absolute Gasteiger partial charge is 0.287 e. The minimum atomic E-state index is -0.235. The van der Waals surface area contributed by atoms with Crippen molar-refractivity contribution in [2.75, 3.05) is 20.1 Å². The maximum atomic E-state index is 11.8. The Labute approximate surface area is 166 Å². The maximum absolute atomic E-state index is 11.8. The number of ether oxygens (including phenoxy) is 1. The second-order valence-electron chi connectivity index (χ2n) is 6.53. The van der Waals surface area contributed by atoms with Crippen LogP contribution in [0.2, 0.25) is 0 Å². The van der Waals surface area contributed by atoms with Gasteiger partial charge in [-0.15, -0.1) is 0 Å². The monoisotopic (exact) mass is 386 g/mol. The lowest BCUT2D eigenvalue weighted by molar-refractivity contribution is 0.0926. The van der Waals surface area contributed by atoms with Gasteiger partial charge in [0.25, 0.3) is 5.91 Å². The van der Waals surface area contributed by atoms with Gasteiger partial charge >= 0.3 is 0 Å². The molecular formula is C21H30N4O3. The zero-order chi connectivity index (χ0) is 20.4. The highest BCUT2D eigenvalue weighted by Gasteiger charge is 2.09. The lowest BCUT2D eigenvalue weighted by atomic mass is 10.1. The summed E-state index contributed by atoms with van der Waals surface area (Å²) in [4.78, 5) is 16.0. The molecule has 0 bridgehead atoms. The zero-order valence-electron chi connectivity index (χ0n) is 17.0. The van der Waals surface area contributed by atoms with Crippen LogP contribution < -0.4 is 20.7 Å². The van der Waals surface area contributed by atoms with Crippen LogP contribution in [0.15, 0.2) is 46.0 Å². The maximum Gasteiger partial charge on any atom is 0.287 e. The minimum Gasteiger partial charge on any atom is -0.490 e. The summed E-state index contributed by atoms with van der Waals surface area (Å²) in [6.45, 7) is 7.80. The number of hydrogen-bond acceptors (Lipinski definition) is 4. The summed E-state index contributed by atoms with van der Waals surface area (Å²) < 4.78 is 11.1. The number of nitrogens with zero attached hydrogens (tertiary/aromatic N) is 1. The van der Waals surface area contributed by atoms with Gasteiger partial charge in [0.15, 0.2) is 11.7 Å². The summed E-state index contributed by atoms with van der Waals surface area (Å²) in [6.07, 6.45) is 2.59. The Morgan fingerprint density at radius 3 is 2.68 bits per heavy atom. The van der Waals surface area contributed by atoms with E-state index in [2.05, 4.69) is 59.9 Å². The Bertz CT molecular complexity index is 772. The van der Waals surface area contributed by atoms with E-state index in [-0.39, 0.29) is 12.0 Å². The summed E-state index contributed by atoms with van der Waals surface area (Å²) in [5.41, 5.74) is 2.23. The number of amides is 1. The van der Waals surface area contributed by atoms with Gasteiger partial charge in [0.05, 0.1) is 12.4 Å². The van der Waals surface area contributed by atoms with Crippen LogP contribution in [0.25, 0.3) is 0 Å². The number of carbonyl (C=O) groups is 1. The predicted molar refractivity (Wildman–Crippen MR) is 111 cm³/mol. The van der Waals surface area contributed by atoms with E-state index in [1.807, 2.05) is 0 Å². The summed E-state index contributed by atoms with van der Waals surface area (Å²) in [6, 6.07) is 9.51. The zero-order valence-corrected chi connectivity index (χ0v) is 17.0. The van der Waals surface area contributed by atoms with Gasteiger partial charge in [0.2, 0.25) is 0 Å². The summed E-state index contributed by atoms with van der Waals surface area (Å²) in [7, 11) is 1.71. The van der Waals surface area contributed by atoms with Gasteiger partial charge in [0.1, 0.15) is 5.75 Å². The Morgan fingerprint density at radius 2 is 2.00 bits per heavy atom. The van der Waals surface area contributed by atoms with E-state index in [4.69, 9.17) is 9.15 Å². The average Bonchev–Trinajstić information content (AvgIpc) is 3.23. The van der Waals surface area contributed by atoms with Gasteiger partial charge in [-0.1, -0.05) is 19.1 Å². The molecule has 28 heavy (non-hydrogen) atoms. The number of rotatable bonds is 9. The number of furan rings is 1. The highest BCUT2D eigenvalue weighted by atomic mass is 16.5. The fourth-order valence-corrected chi connectivity index (χ4v) is 2.47. The second-order valence-corrected chi connectivity index (χ2v) is 6.53. The van der Waals surface area contributed by atoms with E-state index in [0.717, 1.165) is 23.3 Å². The first-order valence-corrected chi connectivity index (χ1v) is 9.55. The molecule has 0 radical (unpaired) electrons. The molecule has 152 valence electrons. The number of aliphatic imine (C=N–C) groups is 1. The third-order valence-electron chi connectivity index (χ3n) is 4.24. The highest BCUT2D eigenvalue weighted by Crippen LogP contribution is 2.22. The molecule has 7 nitrogen and oxygen atoms in total. The Balaban J connectivity index is 1.81. The highest BCUT2D eigenvalue weighted by molar-refractivity contribution is 5.91. The lowest BCUT2D eigenvalue weighted by Gasteiger charge is -2.18. The molecule has 0 aliphatic heterocycles. The molecule has 0 spiro atoms. The number of guanidine groups is 1. The normalized spacial score (nSPS) is 12.4. The second kappa shape index (κ2) is 11.0. The van der Waals surface area contributed by atoms with Crippen molar-refractivity contribution in [3.63, 3.8) is 0 Å². The summed E-state index contributed by atoms with van der Waals surface area (Å²) in [5.74, 6) is 1.61. The molecule has 2 rings (SSSR count). The van der Waals surface area contributed by atoms with Crippen molar-refractivity contribution in [3.8, 4) is 5.75 Å². The number of nitrogens with one attached hydrogen (secondary N) is 3. The third kappa shape index (κ3) is 6.64. The van der Waals surface area contributed by atoms with Crippen LogP contribution in [-0.2, 0) is 6.54 Å². The van der Waals surface area contributed by atoms with Crippen molar-refractivity contribution in [2.24, 2.45) is 4.99 Å². The minimum absolute atomic E-state index is 0.163. The van der Waals surface area contributed by atoms with Crippen molar-refractivity contribution >= 4 is 11.9 Å². The van der Waals surface area contributed by atoms with Crippen LogP contribution in [-0.4, -0.2) is 38.1 Å².